The third-order valence-corrected chi connectivity index (χ3v) is 4.51. The van der Waals surface area contributed by atoms with Gasteiger partial charge in [0.2, 0.25) is 5.91 Å². The quantitative estimate of drug-likeness (QED) is 0.610. The van der Waals surface area contributed by atoms with E-state index in [1.165, 1.54) is 11.8 Å². The Hall–Kier alpha value is -3.13. The summed E-state index contributed by atoms with van der Waals surface area (Å²) in [6.07, 6.45) is 1.56. The number of nitrogens with one attached hydrogen (secondary N) is 2. The van der Waals surface area contributed by atoms with Crippen LogP contribution < -0.4 is 10.6 Å². The van der Waals surface area contributed by atoms with Gasteiger partial charge in [0.1, 0.15) is 10.8 Å². The Bertz CT molecular complexity index is 894. The molecule has 138 valence electrons. The maximum absolute atomic E-state index is 12.2. The van der Waals surface area contributed by atoms with Crippen LogP contribution in [0.25, 0.3) is 0 Å². The smallest absolute Gasteiger partial charge is 0.256 e. The molecular formula is C19H18N4O3S. The highest BCUT2D eigenvalue weighted by Gasteiger charge is 2.08. The molecule has 0 radical (unpaired) electrons. The molecule has 0 aliphatic rings. The van der Waals surface area contributed by atoms with Crippen LogP contribution in [0.2, 0.25) is 0 Å². The molecule has 0 fully saturated rings. The predicted octanol–water partition coefficient (Wildman–Crippen LogP) is 3.04. The van der Waals surface area contributed by atoms with Crippen LogP contribution in [-0.2, 0) is 11.3 Å². The van der Waals surface area contributed by atoms with E-state index in [1.54, 1.807) is 42.7 Å². The van der Waals surface area contributed by atoms with E-state index in [-0.39, 0.29) is 17.6 Å². The van der Waals surface area contributed by atoms with Gasteiger partial charge < -0.3 is 15.1 Å². The second kappa shape index (κ2) is 9.00. The Morgan fingerprint density at radius 2 is 1.89 bits per heavy atom. The van der Waals surface area contributed by atoms with Gasteiger partial charge in [0, 0.05) is 5.56 Å². The van der Waals surface area contributed by atoms with Crippen LogP contribution in [0.3, 0.4) is 0 Å². The van der Waals surface area contributed by atoms with E-state index in [0.717, 1.165) is 5.56 Å². The van der Waals surface area contributed by atoms with E-state index in [9.17, 15) is 9.59 Å². The highest BCUT2D eigenvalue weighted by atomic mass is 32.2. The molecule has 0 saturated heterocycles. The standard InChI is InChI=1S/C19H18N4O3S/c1-13-4-6-14(7-5-13)19(25)21-16-8-9-18(23-22-16)27-12-17(24)20-11-15-3-2-10-26-15/h2-10H,11-12H2,1H3,(H,20,24)(H,21,22,25). The van der Waals surface area contributed by atoms with Crippen molar-refractivity contribution in [1.82, 2.24) is 15.5 Å². The second-order valence-electron chi connectivity index (χ2n) is 5.72. The van der Waals surface area contributed by atoms with Gasteiger partial charge in [-0.25, -0.2) is 0 Å². The molecule has 2 amide bonds. The summed E-state index contributed by atoms with van der Waals surface area (Å²) in [7, 11) is 0. The van der Waals surface area contributed by atoms with Gasteiger partial charge in [-0.1, -0.05) is 29.5 Å². The topological polar surface area (TPSA) is 97.1 Å². The van der Waals surface area contributed by atoms with E-state index in [1.807, 2.05) is 19.1 Å². The summed E-state index contributed by atoms with van der Waals surface area (Å²) in [6, 6.07) is 14.2. The molecule has 2 aromatic heterocycles. The van der Waals surface area contributed by atoms with Crippen LogP contribution >= 0.6 is 11.8 Å². The van der Waals surface area contributed by atoms with Crippen LogP contribution in [0, 0.1) is 6.92 Å². The Morgan fingerprint density at radius 1 is 1.07 bits per heavy atom. The zero-order valence-corrected chi connectivity index (χ0v) is 15.5. The number of aromatic nitrogens is 2. The average Bonchev–Trinajstić information content (AvgIpc) is 3.20. The highest BCUT2D eigenvalue weighted by Crippen LogP contribution is 2.15. The first-order valence-electron chi connectivity index (χ1n) is 8.24. The summed E-state index contributed by atoms with van der Waals surface area (Å²) < 4.78 is 5.15. The molecule has 7 nitrogen and oxygen atoms in total. The third kappa shape index (κ3) is 5.68. The minimum atomic E-state index is -0.248. The number of thioether (sulfide) groups is 1. The van der Waals surface area contributed by atoms with Gasteiger partial charge in [-0.05, 0) is 43.3 Å². The number of hydrogen-bond donors (Lipinski definition) is 2. The lowest BCUT2D eigenvalue weighted by atomic mass is 10.1. The van der Waals surface area contributed by atoms with Crippen molar-refractivity contribution < 1.29 is 14.0 Å². The van der Waals surface area contributed by atoms with Crippen LogP contribution in [0.1, 0.15) is 21.7 Å². The van der Waals surface area contributed by atoms with Crippen molar-refractivity contribution in [3.05, 3.63) is 71.7 Å². The first kappa shape index (κ1) is 18.7. The molecule has 3 aromatic rings. The molecule has 27 heavy (non-hydrogen) atoms. The molecule has 2 N–H and O–H groups in total. The van der Waals surface area contributed by atoms with Gasteiger partial charge >= 0.3 is 0 Å². The van der Waals surface area contributed by atoms with Crippen molar-refractivity contribution in [2.75, 3.05) is 11.1 Å². The van der Waals surface area contributed by atoms with Crippen molar-refractivity contribution in [1.29, 1.82) is 0 Å². The summed E-state index contributed by atoms with van der Waals surface area (Å²) in [6.45, 7) is 2.31. The number of amides is 2. The lowest BCUT2D eigenvalue weighted by molar-refractivity contribution is -0.118. The van der Waals surface area contributed by atoms with E-state index < -0.39 is 0 Å². The van der Waals surface area contributed by atoms with E-state index in [4.69, 9.17) is 4.42 Å². The Morgan fingerprint density at radius 3 is 2.56 bits per heavy atom. The van der Waals surface area contributed by atoms with Gasteiger partial charge in [0.05, 0.1) is 18.6 Å². The molecule has 1 aromatic carbocycles. The molecule has 0 aliphatic carbocycles. The normalized spacial score (nSPS) is 10.4. The molecule has 0 unspecified atom stereocenters. The van der Waals surface area contributed by atoms with E-state index in [2.05, 4.69) is 20.8 Å². The fourth-order valence-electron chi connectivity index (χ4n) is 2.15. The average molecular weight is 382 g/mol. The second-order valence-corrected chi connectivity index (χ2v) is 6.72. The lowest BCUT2D eigenvalue weighted by Gasteiger charge is -2.05. The molecule has 0 atom stereocenters. The van der Waals surface area contributed by atoms with Gasteiger partial charge in [-0.3, -0.25) is 9.59 Å². The molecule has 2 heterocycles. The minimum absolute atomic E-state index is 0.130. The first-order chi connectivity index (χ1) is 13.1. The summed E-state index contributed by atoms with van der Waals surface area (Å²) >= 11 is 1.26. The van der Waals surface area contributed by atoms with Gasteiger partial charge in [-0.15, -0.1) is 10.2 Å². The van der Waals surface area contributed by atoms with Crippen molar-refractivity contribution in [3.63, 3.8) is 0 Å². The van der Waals surface area contributed by atoms with Crippen molar-refractivity contribution in [3.8, 4) is 0 Å². The van der Waals surface area contributed by atoms with Crippen LogP contribution in [0.4, 0.5) is 5.82 Å². The lowest BCUT2D eigenvalue weighted by Crippen LogP contribution is -2.24. The van der Waals surface area contributed by atoms with Crippen LogP contribution in [0.15, 0.2) is 64.2 Å². The summed E-state index contributed by atoms with van der Waals surface area (Å²) in [5.74, 6) is 0.885. The predicted molar refractivity (Wildman–Crippen MR) is 102 cm³/mol. The monoisotopic (exact) mass is 382 g/mol. The van der Waals surface area contributed by atoms with Crippen molar-refractivity contribution in [2.24, 2.45) is 0 Å². The number of benzene rings is 1. The number of rotatable bonds is 7. The van der Waals surface area contributed by atoms with E-state index in [0.29, 0.717) is 28.7 Å². The molecule has 3 rings (SSSR count). The number of hydrogen-bond acceptors (Lipinski definition) is 6. The summed E-state index contributed by atoms with van der Waals surface area (Å²) in [5.41, 5.74) is 1.63. The maximum Gasteiger partial charge on any atom is 0.256 e. The van der Waals surface area contributed by atoms with Crippen molar-refractivity contribution >= 4 is 29.4 Å². The fraction of sp³-hybridized carbons (Fsp3) is 0.158. The molecule has 0 spiro atoms. The number of aryl methyl sites for hydroxylation is 1. The Balaban J connectivity index is 1.46. The number of carbonyl (C=O) groups excluding carboxylic acids is 2. The largest absolute Gasteiger partial charge is 0.467 e. The molecule has 8 heteroatoms. The fourth-order valence-corrected chi connectivity index (χ4v) is 2.79. The van der Waals surface area contributed by atoms with Crippen molar-refractivity contribution in [2.45, 2.75) is 18.5 Å². The number of furan rings is 1. The Labute approximate surface area is 160 Å². The SMILES string of the molecule is Cc1ccc(C(=O)Nc2ccc(SCC(=O)NCc3ccco3)nn2)cc1. The van der Waals surface area contributed by atoms with Gasteiger partial charge in [0.15, 0.2) is 5.82 Å². The van der Waals surface area contributed by atoms with Crippen LogP contribution in [-0.4, -0.2) is 27.8 Å². The third-order valence-electron chi connectivity index (χ3n) is 3.59. The zero-order chi connectivity index (χ0) is 19.1. The number of anilines is 1. The summed E-state index contributed by atoms with van der Waals surface area (Å²) in [5, 5.41) is 14.0. The van der Waals surface area contributed by atoms with Gasteiger partial charge in [-0.2, -0.15) is 0 Å². The maximum atomic E-state index is 12.2. The first-order valence-corrected chi connectivity index (χ1v) is 9.22. The number of carbonyl (C=O) groups is 2. The zero-order valence-electron chi connectivity index (χ0n) is 14.6. The number of nitrogens with zero attached hydrogens (tertiary/aromatic N) is 2. The van der Waals surface area contributed by atoms with Gasteiger partial charge in [0.25, 0.3) is 5.91 Å². The molecule has 0 saturated carbocycles. The molecular weight excluding hydrogens is 364 g/mol. The van der Waals surface area contributed by atoms with E-state index >= 15 is 0 Å². The Kier molecular flexibility index (Phi) is 6.22. The highest BCUT2D eigenvalue weighted by molar-refractivity contribution is 7.99. The van der Waals surface area contributed by atoms with Crippen LogP contribution in [0.5, 0.6) is 0 Å². The minimum Gasteiger partial charge on any atom is -0.467 e. The summed E-state index contributed by atoms with van der Waals surface area (Å²) in [4.78, 5) is 24.0. The molecule has 0 bridgehead atoms. The molecule has 0 aliphatic heterocycles.